The normalized spacial score (nSPS) is 16.0. The number of benzene rings is 2. The van der Waals surface area contributed by atoms with E-state index in [9.17, 15) is 40.3 Å². The molecule has 5 nitrogen and oxygen atoms in total. The summed E-state index contributed by atoms with van der Waals surface area (Å²) in [6.45, 7) is 3.77. The third kappa shape index (κ3) is 7.90. The third-order valence-corrected chi connectivity index (χ3v) is 8.22. The van der Waals surface area contributed by atoms with E-state index < -0.39 is 58.6 Å². The summed E-state index contributed by atoms with van der Waals surface area (Å²) in [5.41, 5.74) is -1.51. The number of aryl methyl sites for hydroxylation is 1. The molecule has 2 N–H and O–H groups in total. The number of nitrogens with one attached hydrogen (secondary N) is 1. The van der Waals surface area contributed by atoms with E-state index in [-0.39, 0.29) is 12.0 Å². The van der Waals surface area contributed by atoms with Crippen LogP contribution in [0.1, 0.15) is 73.4 Å². The highest BCUT2D eigenvalue weighted by Gasteiger charge is 2.40. The van der Waals surface area contributed by atoms with Gasteiger partial charge in [0.05, 0.1) is 35.0 Å². The van der Waals surface area contributed by atoms with Crippen molar-refractivity contribution in [1.82, 2.24) is 4.98 Å². The van der Waals surface area contributed by atoms with Crippen molar-refractivity contribution in [3.05, 3.63) is 94.1 Å². The number of carboxylic acids is 1. The molecule has 0 radical (unpaired) electrons. The van der Waals surface area contributed by atoms with Gasteiger partial charge in [0.1, 0.15) is 5.82 Å². The predicted octanol–water partition coefficient (Wildman–Crippen LogP) is 8.86. The molecular formula is C33H31F7N2O3. The molecule has 1 aromatic heterocycles. The zero-order chi connectivity index (χ0) is 33.3. The summed E-state index contributed by atoms with van der Waals surface area (Å²) in [6.07, 6.45) is -4.94. The summed E-state index contributed by atoms with van der Waals surface area (Å²) in [7, 11) is 0. The molecule has 1 saturated carbocycles. The second-order valence-corrected chi connectivity index (χ2v) is 11.7. The molecule has 0 saturated heterocycles. The molecule has 1 heterocycles. The molecule has 4 rings (SSSR count). The highest BCUT2D eigenvalue weighted by Crippen LogP contribution is 2.41. The maximum Gasteiger partial charge on any atom is 0.416 e. The lowest BCUT2D eigenvalue weighted by Gasteiger charge is -2.27. The van der Waals surface area contributed by atoms with Crippen LogP contribution >= 0.6 is 0 Å². The Morgan fingerprint density at radius 1 is 0.911 bits per heavy atom. The van der Waals surface area contributed by atoms with Crippen LogP contribution < -0.4 is 5.32 Å². The number of pyridine rings is 1. The Hall–Kier alpha value is -4.22. The number of nitrogens with zero attached hydrogens (tertiary/aromatic N) is 1. The number of carboxylic acid groups (broad SMARTS) is 1. The monoisotopic (exact) mass is 636 g/mol. The minimum absolute atomic E-state index is 0.00815. The van der Waals surface area contributed by atoms with Gasteiger partial charge in [0.15, 0.2) is 5.78 Å². The highest BCUT2D eigenvalue weighted by atomic mass is 19.4. The molecule has 0 amide bonds. The van der Waals surface area contributed by atoms with Crippen LogP contribution in [0.5, 0.6) is 0 Å². The Labute approximate surface area is 255 Å². The third-order valence-electron chi connectivity index (χ3n) is 8.22. The minimum Gasteiger partial charge on any atom is -0.478 e. The number of Topliss-reactive ketones (excluding diaryl/α,β-unsaturated/α-hetero) is 1. The number of aromatic nitrogens is 1. The van der Waals surface area contributed by atoms with E-state index in [0.29, 0.717) is 65.9 Å². The maximum atomic E-state index is 14.0. The van der Waals surface area contributed by atoms with Crippen LogP contribution in [0.3, 0.4) is 0 Å². The Kier molecular flexibility index (Phi) is 9.46. The number of rotatable bonds is 8. The molecule has 0 aliphatic heterocycles. The first-order valence-electron chi connectivity index (χ1n) is 14.1. The topological polar surface area (TPSA) is 79.3 Å². The summed E-state index contributed by atoms with van der Waals surface area (Å²) >= 11 is 0. The van der Waals surface area contributed by atoms with E-state index >= 15 is 0 Å². The molecule has 1 aliphatic rings. The van der Waals surface area contributed by atoms with Gasteiger partial charge in [-0.2, -0.15) is 26.3 Å². The van der Waals surface area contributed by atoms with Gasteiger partial charge in [-0.3, -0.25) is 9.78 Å². The first kappa shape index (κ1) is 33.7. The highest BCUT2D eigenvalue weighted by molar-refractivity contribution is 5.93. The van der Waals surface area contributed by atoms with Crippen LogP contribution in [0, 0.1) is 12.7 Å². The van der Waals surface area contributed by atoms with E-state index in [1.807, 2.05) is 0 Å². The average Bonchev–Trinajstić information content (AvgIpc) is 2.95. The van der Waals surface area contributed by atoms with Gasteiger partial charge in [-0.05, 0) is 99.5 Å². The average molecular weight is 637 g/mol. The van der Waals surface area contributed by atoms with Gasteiger partial charge in [-0.15, -0.1) is 0 Å². The number of hydrogen-bond acceptors (Lipinski definition) is 4. The standard InChI is InChI=1S/C33H31F7N2O3/c1-18-10-24(34)8-9-25(18)26-15-27(20-6-4-19(5-7-20)11-30(44)45)41-16-28(26)42-17-29(43)31(2,3)21-12-22(32(35,36)37)14-23(13-21)33(38,39)40/h8-16,20,42H,4-7,17H2,1-3H3,(H,44,45). The molecule has 45 heavy (non-hydrogen) atoms. The van der Waals surface area contributed by atoms with Crippen LogP contribution in [0.2, 0.25) is 0 Å². The lowest BCUT2D eigenvalue weighted by molar-refractivity contribution is -0.143. The Bertz CT molecular complexity index is 1600. The van der Waals surface area contributed by atoms with Crippen molar-refractivity contribution >= 4 is 17.4 Å². The fraction of sp³-hybridized carbons (Fsp3) is 0.364. The summed E-state index contributed by atoms with van der Waals surface area (Å²) in [6, 6.07) is 7.10. The largest absolute Gasteiger partial charge is 0.478 e. The van der Waals surface area contributed by atoms with E-state index in [0.717, 1.165) is 5.57 Å². The van der Waals surface area contributed by atoms with Crippen molar-refractivity contribution in [3.8, 4) is 11.1 Å². The van der Waals surface area contributed by atoms with Gasteiger partial charge in [0.2, 0.25) is 0 Å². The first-order valence-corrected chi connectivity index (χ1v) is 14.1. The van der Waals surface area contributed by atoms with E-state index in [1.54, 1.807) is 19.1 Å². The minimum atomic E-state index is -5.06. The predicted molar refractivity (Wildman–Crippen MR) is 154 cm³/mol. The SMILES string of the molecule is Cc1cc(F)ccc1-c1cc(C2CCC(=CC(=O)O)CC2)ncc1NCC(=O)C(C)(C)c1cc(C(F)(F)F)cc(C(F)(F)F)c1. The fourth-order valence-corrected chi connectivity index (χ4v) is 5.46. The molecule has 1 aliphatic carbocycles. The zero-order valence-electron chi connectivity index (χ0n) is 24.7. The maximum absolute atomic E-state index is 14.0. The van der Waals surface area contributed by atoms with Crippen molar-refractivity contribution in [3.63, 3.8) is 0 Å². The summed E-state index contributed by atoms with van der Waals surface area (Å²) in [5, 5.41) is 12.0. The molecule has 1 fully saturated rings. The van der Waals surface area contributed by atoms with Crippen LogP contribution in [0.15, 0.2) is 60.3 Å². The van der Waals surface area contributed by atoms with Gasteiger partial charge in [-0.1, -0.05) is 11.6 Å². The van der Waals surface area contributed by atoms with Crippen molar-refractivity contribution in [2.45, 2.75) is 70.1 Å². The first-order chi connectivity index (χ1) is 20.9. The number of carbonyl (C=O) groups excluding carboxylic acids is 1. The molecule has 3 aromatic rings. The summed E-state index contributed by atoms with van der Waals surface area (Å²) in [4.78, 5) is 29.0. The lowest BCUT2D eigenvalue weighted by atomic mass is 9.79. The van der Waals surface area contributed by atoms with Gasteiger partial charge < -0.3 is 10.4 Å². The molecule has 0 atom stereocenters. The summed E-state index contributed by atoms with van der Waals surface area (Å²) in [5.74, 6) is -2.13. The van der Waals surface area contributed by atoms with Gasteiger partial charge in [-0.25, -0.2) is 9.18 Å². The number of aliphatic carboxylic acids is 1. The van der Waals surface area contributed by atoms with Gasteiger partial charge >= 0.3 is 18.3 Å². The van der Waals surface area contributed by atoms with E-state index in [4.69, 9.17) is 5.11 Å². The van der Waals surface area contributed by atoms with Crippen molar-refractivity contribution in [2.75, 3.05) is 11.9 Å². The smallest absolute Gasteiger partial charge is 0.416 e. The molecule has 0 spiro atoms. The number of halogens is 7. The quantitative estimate of drug-likeness (QED) is 0.191. The van der Waals surface area contributed by atoms with Gasteiger partial charge in [0, 0.05) is 23.3 Å². The van der Waals surface area contributed by atoms with Gasteiger partial charge in [0.25, 0.3) is 0 Å². The van der Waals surface area contributed by atoms with E-state index in [1.165, 1.54) is 38.3 Å². The summed E-state index contributed by atoms with van der Waals surface area (Å²) < 4.78 is 94.8. The molecule has 2 aromatic carbocycles. The number of carbonyl (C=O) groups is 2. The number of allylic oxidation sites excluding steroid dienone is 1. The Balaban J connectivity index is 1.65. The number of ketones is 1. The van der Waals surface area contributed by atoms with Crippen molar-refractivity contribution in [2.24, 2.45) is 0 Å². The fourth-order valence-electron chi connectivity index (χ4n) is 5.46. The number of alkyl halides is 6. The zero-order valence-corrected chi connectivity index (χ0v) is 24.7. The second kappa shape index (κ2) is 12.6. The number of hydrogen-bond donors (Lipinski definition) is 2. The Morgan fingerprint density at radius 2 is 1.49 bits per heavy atom. The van der Waals surface area contributed by atoms with Crippen LogP contribution in [-0.4, -0.2) is 28.4 Å². The lowest BCUT2D eigenvalue weighted by Crippen LogP contribution is -2.35. The van der Waals surface area contributed by atoms with Crippen LogP contribution in [0.4, 0.5) is 36.4 Å². The molecule has 240 valence electrons. The van der Waals surface area contributed by atoms with Crippen molar-refractivity contribution < 1.29 is 45.4 Å². The Morgan fingerprint density at radius 3 is 2.02 bits per heavy atom. The molecule has 0 bridgehead atoms. The van der Waals surface area contributed by atoms with Crippen LogP contribution in [0.25, 0.3) is 11.1 Å². The number of anilines is 1. The molecule has 12 heteroatoms. The van der Waals surface area contributed by atoms with Crippen LogP contribution in [-0.2, 0) is 27.4 Å². The molecular weight excluding hydrogens is 605 g/mol. The van der Waals surface area contributed by atoms with Crippen molar-refractivity contribution in [1.29, 1.82) is 0 Å². The second-order valence-electron chi connectivity index (χ2n) is 11.7. The molecule has 0 unspecified atom stereocenters. The van der Waals surface area contributed by atoms with E-state index in [2.05, 4.69) is 10.3 Å².